The molecule has 1 aliphatic rings. The molecule has 4 nitrogen and oxygen atoms in total. The number of aryl methyl sites for hydroxylation is 1. The van der Waals surface area contributed by atoms with Gasteiger partial charge in [0, 0.05) is 24.7 Å². The van der Waals surface area contributed by atoms with E-state index in [9.17, 15) is 0 Å². The van der Waals surface area contributed by atoms with E-state index in [1.807, 2.05) is 13.1 Å². The van der Waals surface area contributed by atoms with Gasteiger partial charge in [0.2, 0.25) is 0 Å². The second-order valence-electron chi connectivity index (χ2n) is 5.68. The van der Waals surface area contributed by atoms with Crippen LogP contribution in [-0.2, 0) is 6.54 Å². The molecular weight excluding hydrogens is 260 g/mol. The van der Waals surface area contributed by atoms with E-state index in [1.54, 1.807) is 0 Å². The zero-order valence-corrected chi connectivity index (χ0v) is 13.1. The Morgan fingerprint density at radius 3 is 2.57 bits per heavy atom. The summed E-state index contributed by atoms with van der Waals surface area (Å²) in [5.74, 6) is 1.26. The van der Waals surface area contributed by atoms with E-state index in [1.165, 1.54) is 24.2 Å². The minimum atomic E-state index is 0.684. The van der Waals surface area contributed by atoms with E-state index >= 15 is 0 Å². The van der Waals surface area contributed by atoms with Crippen molar-refractivity contribution in [2.24, 2.45) is 0 Å². The monoisotopic (exact) mass is 284 g/mol. The molecule has 0 atom stereocenters. The van der Waals surface area contributed by atoms with Gasteiger partial charge in [-0.3, -0.25) is 0 Å². The molecule has 1 aromatic carbocycles. The molecule has 4 heteroatoms. The number of hydrogen-bond donors (Lipinski definition) is 1. The highest BCUT2D eigenvalue weighted by molar-refractivity contribution is 5.56. The number of benzene rings is 1. The fourth-order valence-electron chi connectivity index (χ4n) is 2.94. The van der Waals surface area contributed by atoms with E-state index in [0.29, 0.717) is 6.04 Å². The van der Waals surface area contributed by atoms with E-state index < -0.39 is 0 Å². The van der Waals surface area contributed by atoms with Crippen LogP contribution in [0, 0.1) is 6.92 Å². The number of rotatable bonds is 6. The molecule has 0 aliphatic heterocycles. The zero-order valence-electron chi connectivity index (χ0n) is 13.1. The molecule has 0 bridgehead atoms. The molecule has 0 unspecified atom stereocenters. The molecule has 2 aromatic rings. The number of para-hydroxylation sites is 1. The molecular formula is C17H24N4. The Morgan fingerprint density at radius 1 is 1.29 bits per heavy atom. The molecule has 1 saturated carbocycles. The quantitative estimate of drug-likeness (QED) is 0.885. The third kappa shape index (κ3) is 2.68. The van der Waals surface area contributed by atoms with Crippen molar-refractivity contribution in [2.75, 3.05) is 18.5 Å². The summed E-state index contributed by atoms with van der Waals surface area (Å²) in [6, 6.07) is 11.1. The Balaban J connectivity index is 2.12. The summed E-state index contributed by atoms with van der Waals surface area (Å²) >= 11 is 0. The van der Waals surface area contributed by atoms with Gasteiger partial charge in [-0.25, -0.2) is 4.68 Å². The molecule has 0 radical (unpaired) electrons. The maximum Gasteiger partial charge on any atom is 0.137 e. The van der Waals surface area contributed by atoms with Crippen molar-refractivity contribution in [1.82, 2.24) is 15.1 Å². The Bertz CT molecular complexity index is 599. The minimum Gasteiger partial charge on any atom is -0.354 e. The summed E-state index contributed by atoms with van der Waals surface area (Å²) in [5, 5.41) is 8.10. The largest absolute Gasteiger partial charge is 0.354 e. The molecule has 1 heterocycles. The van der Waals surface area contributed by atoms with Crippen molar-refractivity contribution in [3.05, 3.63) is 41.6 Å². The normalized spacial score (nSPS) is 14.4. The maximum atomic E-state index is 4.81. The number of nitrogens with one attached hydrogen (secondary N) is 1. The molecule has 1 aliphatic carbocycles. The molecule has 0 amide bonds. The standard InChI is InChI=1S/C17H24N4/c1-4-20(14-10-11-14)17-16(12-18-3)13(2)19-21(17)15-8-6-5-7-9-15/h5-9,14,18H,4,10-12H2,1-3H3. The number of hydrogen-bond acceptors (Lipinski definition) is 3. The van der Waals surface area contributed by atoms with E-state index in [4.69, 9.17) is 5.10 Å². The Hall–Kier alpha value is -1.81. The molecule has 21 heavy (non-hydrogen) atoms. The summed E-state index contributed by atoms with van der Waals surface area (Å²) < 4.78 is 2.11. The van der Waals surface area contributed by atoms with Crippen LogP contribution in [0.1, 0.15) is 31.0 Å². The van der Waals surface area contributed by atoms with Crippen LogP contribution in [0.15, 0.2) is 30.3 Å². The first-order chi connectivity index (χ1) is 10.3. The van der Waals surface area contributed by atoms with Gasteiger partial charge in [0.05, 0.1) is 11.4 Å². The second kappa shape index (κ2) is 5.90. The fourth-order valence-corrected chi connectivity index (χ4v) is 2.94. The van der Waals surface area contributed by atoms with Gasteiger partial charge >= 0.3 is 0 Å². The predicted octanol–water partition coefficient (Wildman–Crippen LogP) is 2.89. The van der Waals surface area contributed by atoms with Gasteiger partial charge in [-0.2, -0.15) is 5.10 Å². The smallest absolute Gasteiger partial charge is 0.137 e. The van der Waals surface area contributed by atoms with E-state index in [0.717, 1.165) is 24.5 Å². The molecule has 0 saturated heterocycles. The van der Waals surface area contributed by atoms with Crippen LogP contribution in [0.2, 0.25) is 0 Å². The SMILES string of the molecule is CCN(c1c(CNC)c(C)nn1-c1ccccc1)C1CC1. The number of aromatic nitrogens is 2. The van der Waals surface area contributed by atoms with Crippen molar-refractivity contribution in [3.63, 3.8) is 0 Å². The van der Waals surface area contributed by atoms with Crippen molar-refractivity contribution in [1.29, 1.82) is 0 Å². The lowest BCUT2D eigenvalue weighted by atomic mass is 10.2. The summed E-state index contributed by atoms with van der Waals surface area (Å²) in [7, 11) is 2.00. The third-order valence-electron chi connectivity index (χ3n) is 4.11. The summed E-state index contributed by atoms with van der Waals surface area (Å²) in [6.45, 7) is 6.23. The Morgan fingerprint density at radius 2 is 2.00 bits per heavy atom. The highest BCUT2D eigenvalue weighted by Gasteiger charge is 2.32. The lowest BCUT2D eigenvalue weighted by Crippen LogP contribution is -2.29. The van der Waals surface area contributed by atoms with Gasteiger partial charge < -0.3 is 10.2 Å². The minimum absolute atomic E-state index is 0.684. The molecule has 3 rings (SSSR count). The third-order valence-corrected chi connectivity index (χ3v) is 4.11. The van der Waals surface area contributed by atoms with E-state index in [2.05, 4.69) is 53.0 Å². The Kier molecular flexibility index (Phi) is 3.97. The van der Waals surface area contributed by atoms with Gasteiger partial charge in [0.1, 0.15) is 5.82 Å². The Labute approximate surface area is 126 Å². The highest BCUT2D eigenvalue weighted by atomic mass is 15.4. The van der Waals surface area contributed by atoms with Gasteiger partial charge in [-0.15, -0.1) is 0 Å². The summed E-state index contributed by atoms with van der Waals surface area (Å²) in [4.78, 5) is 2.51. The molecule has 1 N–H and O–H groups in total. The lowest BCUT2D eigenvalue weighted by molar-refractivity contribution is 0.745. The maximum absolute atomic E-state index is 4.81. The average Bonchev–Trinajstić information content (AvgIpc) is 3.29. The molecule has 112 valence electrons. The van der Waals surface area contributed by atoms with Crippen LogP contribution in [0.5, 0.6) is 0 Å². The van der Waals surface area contributed by atoms with E-state index in [-0.39, 0.29) is 0 Å². The average molecular weight is 284 g/mol. The molecule has 1 aromatic heterocycles. The van der Waals surface area contributed by atoms with Crippen LogP contribution < -0.4 is 10.2 Å². The second-order valence-corrected chi connectivity index (χ2v) is 5.68. The van der Waals surface area contributed by atoms with Crippen LogP contribution in [0.25, 0.3) is 5.69 Å². The van der Waals surface area contributed by atoms with Crippen molar-refractivity contribution in [3.8, 4) is 5.69 Å². The lowest BCUT2D eigenvalue weighted by Gasteiger charge is -2.25. The van der Waals surface area contributed by atoms with Gasteiger partial charge in [0.15, 0.2) is 0 Å². The van der Waals surface area contributed by atoms with Crippen LogP contribution in [-0.4, -0.2) is 29.4 Å². The first kappa shape index (κ1) is 14.1. The first-order valence-corrected chi connectivity index (χ1v) is 7.81. The van der Waals surface area contributed by atoms with Gasteiger partial charge in [-0.1, -0.05) is 18.2 Å². The van der Waals surface area contributed by atoms with Crippen molar-refractivity contribution in [2.45, 2.75) is 39.3 Å². The molecule has 0 spiro atoms. The van der Waals surface area contributed by atoms with Crippen LogP contribution >= 0.6 is 0 Å². The van der Waals surface area contributed by atoms with Gasteiger partial charge in [-0.05, 0) is 45.9 Å². The zero-order chi connectivity index (χ0) is 14.8. The van der Waals surface area contributed by atoms with Crippen LogP contribution in [0.3, 0.4) is 0 Å². The number of anilines is 1. The molecule has 1 fully saturated rings. The number of nitrogens with zero attached hydrogens (tertiary/aromatic N) is 3. The summed E-state index contributed by atoms with van der Waals surface area (Å²) in [5.41, 5.74) is 3.56. The fraction of sp³-hybridized carbons (Fsp3) is 0.471. The van der Waals surface area contributed by atoms with Crippen LogP contribution in [0.4, 0.5) is 5.82 Å². The first-order valence-electron chi connectivity index (χ1n) is 7.81. The summed E-state index contributed by atoms with van der Waals surface area (Å²) in [6.07, 6.45) is 2.59. The van der Waals surface area contributed by atoms with Crippen molar-refractivity contribution < 1.29 is 0 Å². The van der Waals surface area contributed by atoms with Crippen molar-refractivity contribution >= 4 is 5.82 Å². The highest BCUT2D eigenvalue weighted by Crippen LogP contribution is 2.35. The topological polar surface area (TPSA) is 33.1 Å². The predicted molar refractivity (Wildman–Crippen MR) is 87.1 cm³/mol. The van der Waals surface area contributed by atoms with Gasteiger partial charge in [0.25, 0.3) is 0 Å².